The van der Waals surface area contributed by atoms with Gasteiger partial charge in [-0.1, -0.05) is 76.5 Å². The summed E-state index contributed by atoms with van der Waals surface area (Å²) in [5.74, 6) is -1.52. The van der Waals surface area contributed by atoms with Crippen LogP contribution in [0, 0.1) is 0 Å². The quantitative estimate of drug-likeness (QED) is 0.385. The molecule has 0 aliphatic rings. The fourth-order valence-corrected chi connectivity index (χ4v) is 3.43. The number of nitrogens with one attached hydrogen (secondary N) is 1. The van der Waals surface area contributed by atoms with Gasteiger partial charge < -0.3 is 15.5 Å². The summed E-state index contributed by atoms with van der Waals surface area (Å²) in [5, 5.41) is 23.2. The summed E-state index contributed by atoms with van der Waals surface area (Å²) >= 11 is 0. The monoisotopic (exact) mass is 385 g/mol. The number of aromatic carboxylic acids is 1. The van der Waals surface area contributed by atoms with Gasteiger partial charge in [-0.05, 0) is 18.6 Å². The zero-order valence-corrected chi connectivity index (χ0v) is 16.7. The second-order valence-corrected chi connectivity index (χ2v) is 7.29. The highest BCUT2D eigenvalue weighted by atomic mass is 16.4. The van der Waals surface area contributed by atoms with Crippen LogP contribution >= 0.6 is 0 Å². The molecule has 0 saturated carbocycles. The number of aromatic hydroxyl groups is 1. The van der Waals surface area contributed by atoms with Gasteiger partial charge in [-0.2, -0.15) is 0 Å². The van der Waals surface area contributed by atoms with Crippen molar-refractivity contribution in [1.82, 2.24) is 0 Å². The number of rotatable bonds is 12. The molecule has 0 aliphatic carbocycles. The van der Waals surface area contributed by atoms with Crippen molar-refractivity contribution >= 4 is 28.3 Å². The fourth-order valence-electron chi connectivity index (χ4n) is 3.43. The van der Waals surface area contributed by atoms with Crippen LogP contribution in [0.4, 0.5) is 5.69 Å². The number of carbonyl (C=O) groups is 2. The first kappa shape index (κ1) is 21.7. The van der Waals surface area contributed by atoms with Gasteiger partial charge in [0.05, 0.1) is 0 Å². The van der Waals surface area contributed by atoms with Crippen LogP contribution in [0.5, 0.6) is 5.75 Å². The van der Waals surface area contributed by atoms with E-state index in [2.05, 4.69) is 12.2 Å². The Balaban J connectivity index is 1.82. The third-order valence-electron chi connectivity index (χ3n) is 5.04. The van der Waals surface area contributed by atoms with Crippen molar-refractivity contribution in [1.29, 1.82) is 0 Å². The maximum absolute atomic E-state index is 12.3. The molecule has 0 aromatic heterocycles. The maximum Gasteiger partial charge on any atom is 0.339 e. The van der Waals surface area contributed by atoms with Crippen LogP contribution in [0.3, 0.4) is 0 Å². The number of benzene rings is 2. The van der Waals surface area contributed by atoms with Crippen LogP contribution in [-0.4, -0.2) is 22.1 Å². The maximum atomic E-state index is 12.3. The summed E-state index contributed by atoms with van der Waals surface area (Å²) in [6.07, 6.45) is 11.3. The molecule has 3 N–H and O–H groups in total. The van der Waals surface area contributed by atoms with Crippen molar-refractivity contribution in [2.45, 2.75) is 71.1 Å². The van der Waals surface area contributed by atoms with E-state index in [1.165, 1.54) is 51.0 Å². The smallest absolute Gasteiger partial charge is 0.339 e. The molecule has 5 nitrogen and oxygen atoms in total. The predicted octanol–water partition coefficient (Wildman–Crippen LogP) is 6.10. The van der Waals surface area contributed by atoms with Crippen LogP contribution in [0.2, 0.25) is 0 Å². The molecule has 0 unspecified atom stereocenters. The van der Waals surface area contributed by atoms with Crippen LogP contribution in [-0.2, 0) is 4.79 Å². The van der Waals surface area contributed by atoms with E-state index >= 15 is 0 Å². The summed E-state index contributed by atoms with van der Waals surface area (Å²) in [7, 11) is 0. The topological polar surface area (TPSA) is 86.6 Å². The Bertz CT molecular complexity index is 801. The largest absolute Gasteiger partial charge is 0.506 e. The van der Waals surface area contributed by atoms with Gasteiger partial charge in [0, 0.05) is 22.9 Å². The van der Waals surface area contributed by atoms with Crippen LogP contribution in [0.15, 0.2) is 30.3 Å². The van der Waals surface area contributed by atoms with E-state index in [9.17, 15) is 14.7 Å². The molecule has 1 amide bonds. The minimum absolute atomic E-state index is 0.0581. The zero-order chi connectivity index (χ0) is 20.4. The number of phenols is 1. The Hall–Kier alpha value is -2.56. The molecule has 0 radical (unpaired) electrons. The van der Waals surface area contributed by atoms with Crippen molar-refractivity contribution in [3.63, 3.8) is 0 Å². The lowest BCUT2D eigenvalue weighted by Gasteiger charge is -2.11. The van der Waals surface area contributed by atoms with Crippen molar-refractivity contribution in [3.8, 4) is 5.75 Å². The lowest BCUT2D eigenvalue weighted by molar-refractivity contribution is -0.116. The summed E-state index contributed by atoms with van der Waals surface area (Å²) in [5.41, 5.74) is 0.441. The van der Waals surface area contributed by atoms with Crippen molar-refractivity contribution in [2.24, 2.45) is 0 Å². The van der Waals surface area contributed by atoms with E-state index in [1.807, 2.05) is 0 Å². The Labute approximate surface area is 166 Å². The van der Waals surface area contributed by atoms with E-state index in [-0.39, 0.29) is 17.2 Å². The Morgan fingerprint density at radius 1 is 0.857 bits per heavy atom. The normalized spacial score (nSPS) is 10.9. The highest BCUT2D eigenvalue weighted by Crippen LogP contribution is 2.33. The van der Waals surface area contributed by atoms with E-state index in [0.717, 1.165) is 12.8 Å². The molecule has 0 atom stereocenters. The third kappa shape index (κ3) is 6.25. The van der Waals surface area contributed by atoms with Gasteiger partial charge >= 0.3 is 5.97 Å². The highest BCUT2D eigenvalue weighted by Gasteiger charge is 2.14. The van der Waals surface area contributed by atoms with Crippen LogP contribution in [0.25, 0.3) is 10.8 Å². The van der Waals surface area contributed by atoms with Gasteiger partial charge in [0.2, 0.25) is 5.91 Å². The zero-order valence-electron chi connectivity index (χ0n) is 16.7. The predicted molar refractivity (Wildman–Crippen MR) is 113 cm³/mol. The summed E-state index contributed by atoms with van der Waals surface area (Å²) < 4.78 is 0. The summed E-state index contributed by atoms with van der Waals surface area (Å²) in [6, 6.07) is 8.08. The number of carbonyl (C=O) groups excluding carboxylic acids is 1. The molecule has 0 fully saturated rings. The molecule has 28 heavy (non-hydrogen) atoms. The highest BCUT2D eigenvalue weighted by molar-refractivity contribution is 6.07. The molecule has 2 rings (SSSR count). The van der Waals surface area contributed by atoms with Crippen LogP contribution < -0.4 is 5.32 Å². The first-order valence-corrected chi connectivity index (χ1v) is 10.3. The van der Waals surface area contributed by atoms with Gasteiger partial charge in [0.1, 0.15) is 11.3 Å². The molecule has 2 aromatic carbocycles. The van der Waals surface area contributed by atoms with E-state index < -0.39 is 5.97 Å². The van der Waals surface area contributed by atoms with Gasteiger partial charge in [-0.25, -0.2) is 4.79 Å². The molecular weight excluding hydrogens is 354 g/mol. The Morgan fingerprint density at radius 3 is 2.14 bits per heavy atom. The van der Waals surface area contributed by atoms with Gasteiger partial charge in [-0.15, -0.1) is 0 Å². The molecule has 0 saturated heterocycles. The minimum atomic E-state index is -1.18. The molecule has 0 heterocycles. The Morgan fingerprint density at radius 2 is 1.50 bits per heavy atom. The van der Waals surface area contributed by atoms with Crippen molar-refractivity contribution in [2.75, 3.05) is 5.32 Å². The number of carboxylic acids is 1. The average molecular weight is 386 g/mol. The number of fused-ring (bicyclic) bond motifs is 1. The molecule has 2 aromatic rings. The second-order valence-electron chi connectivity index (χ2n) is 7.29. The van der Waals surface area contributed by atoms with E-state index in [4.69, 9.17) is 5.11 Å². The summed E-state index contributed by atoms with van der Waals surface area (Å²) in [4.78, 5) is 23.4. The van der Waals surface area contributed by atoms with Crippen LogP contribution in [0.1, 0.15) is 81.5 Å². The lowest BCUT2D eigenvalue weighted by Crippen LogP contribution is -2.11. The standard InChI is InChI=1S/C23H31NO4/c1-2-3-4-5-6-7-8-9-10-14-21(25)24-20-13-11-12-18-17(20)15-16-19(22(18)26)23(27)28/h11-13,15-16,26H,2-10,14H2,1H3,(H,24,25)(H,27,28). The van der Waals surface area contributed by atoms with Gasteiger partial charge in [0.15, 0.2) is 0 Å². The third-order valence-corrected chi connectivity index (χ3v) is 5.04. The first-order valence-electron chi connectivity index (χ1n) is 10.3. The molecule has 5 heteroatoms. The average Bonchev–Trinajstić information content (AvgIpc) is 2.67. The van der Waals surface area contributed by atoms with Gasteiger partial charge in [0.25, 0.3) is 0 Å². The van der Waals surface area contributed by atoms with Crippen molar-refractivity contribution < 1.29 is 19.8 Å². The number of unbranched alkanes of at least 4 members (excludes halogenated alkanes) is 8. The SMILES string of the molecule is CCCCCCCCCCCC(=O)Nc1cccc2c(O)c(C(=O)O)ccc12. The lowest BCUT2D eigenvalue weighted by atomic mass is 10.0. The minimum Gasteiger partial charge on any atom is -0.506 e. The summed E-state index contributed by atoms with van der Waals surface area (Å²) in [6.45, 7) is 2.22. The van der Waals surface area contributed by atoms with Crippen molar-refractivity contribution in [3.05, 3.63) is 35.9 Å². The number of anilines is 1. The number of carboxylic acid groups (broad SMARTS) is 1. The second kappa shape index (κ2) is 11.3. The molecular formula is C23H31NO4. The fraction of sp³-hybridized carbons (Fsp3) is 0.478. The first-order chi connectivity index (χ1) is 13.5. The number of amides is 1. The van der Waals surface area contributed by atoms with Gasteiger partial charge in [-0.3, -0.25) is 4.79 Å². The Kier molecular flexibility index (Phi) is 8.79. The van der Waals surface area contributed by atoms with E-state index in [1.54, 1.807) is 24.3 Å². The molecule has 0 bridgehead atoms. The number of hydrogen-bond acceptors (Lipinski definition) is 3. The molecule has 152 valence electrons. The molecule has 0 spiro atoms. The number of hydrogen-bond donors (Lipinski definition) is 3. The van der Waals surface area contributed by atoms with E-state index in [0.29, 0.717) is 22.9 Å². The molecule has 0 aliphatic heterocycles.